The Labute approximate surface area is 212 Å². The number of methoxy groups -OCH3 is 1. The van der Waals surface area contributed by atoms with Gasteiger partial charge in [0.15, 0.2) is 5.13 Å². The van der Waals surface area contributed by atoms with E-state index in [9.17, 15) is 19.5 Å². The zero-order valence-electron chi connectivity index (χ0n) is 20.6. The van der Waals surface area contributed by atoms with Gasteiger partial charge in [-0.1, -0.05) is 41.2 Å². The number of amides is 1. The molecule has 1 atom stereocenters. The Morgan fingerprint density at radius 1 is 1.11 bits per heavy atom. The lowest BCUT2D eigenvalue weighted by Gasteiger charge is -2.23. The van der Waals surface area contributed by atoms with E-state index in [-0.39, 0.29) is 27.9 Å². The number of nitrogens with zero attached hydrogens (tertiary/aromatic N) is 2. The second-order valence-electron chi connectivity index (χ2n) is 8.40. The largest absolute Gasteiger partial charge is 0.507 e. The normalized spacial score (nSPS) is 16.9. The van der Waals surface area contributed by atoms with Crippen molar-refractivity contribution in [3.05, 3.63) is 80.9 Å². The van der Waals surface area contributed by atoms with Gasteiger partial charge in [0.1, 0.15) is 16.4 Å². The molecule has 36 heavy (non-hydrogen) atoms. The van der Waals surface area contributed by atoms with Gasteiger partial charge in [0, 0.05) is 5.56 Å². The zero-order chi connectivity index (χ0) is 26.1. The first-order valence-corrected chi connectivity index (χ1v) is 12.2. The average Bonchev–Trinajstić information content (AvgIpc) is 3.36. The maximum Gasteiger partial charge on any atom is 0.350 e. The van der Waals surface area contributed by atoms with Crippen LogP contribution < -0.4 is 9.64 Å². The Morgan fingerprint density at radius 2 is 1.81 bits per heavy atom. The molecule has 0 aliphatic carbocycles. The van der Waals surface area contributed by atoms with Gasteiger partial charge in [-0.2, -0.15) is 0 Å². The van der Waals surface area contributed by atoms with Crippen molar-refractivity contribution in [2.45, 2.75) is 33.7 Å². The molecule has 0 spiro atoms. The van der Waals surface area contributed by atoms with Gasteiger partial charge < -0.3 is 14.6 Å². The summed E-state index contributed by atoms with van der Waals surface area (Å²) in [5.41, 5.74) is 3.10. The van der Waals surface area contributed by atoms with E-state index in [4.69, 9.17) is 9.47 Å². The topological polar surface area (TPSA) is 106 Å². The van der Waals surface area contributed by atoms with Gasteiger partial charge >= 0.3 is 11.9 Å². The highest BCUT2D eigenvalue weighted by atomic mass is 32.1. The van der Waals surface area contributed by atoms with Crippen LogP contribution in [-0.4, -0.2) is 41.5 Å². The highest BCUT2D eigenvalue weighted by Crippen LogP contribution is 2.44. The number of hydrogen-bond donors (Lipinski definition) is 1. The monoisotopic (exact) mass is 506 g/mol. The van der Waals surface area contributed by atoms with Crippen LogP contribution in [-0.2, 0) is 14.3 Å². The molecular formula is C27H26N2O6S. The minimum atomic E-state index is -0.936. The summed E-state index contributed by atoms with van der Waals surface area (Å²) in [4.78, 5) is 45.0. The van der Waals surface area contributed by atoms with Crippen LogP contribution in [0.5, 0.6) is 5.75 Å². The summed E-state index contributed by atoms with van der Waals surface area (Å²) in [5.74, 6) is -1.89. The second-order valence-corrected chi connectivity index (χ2v) is 9.37. The molecule has 1 aliphatic rings. The Kier molecular flexibility index (Phi) is 6.94. The third-order valence-corrected chi connectivity index (χ3v) is 7.09. The lowest BCUT2D eigenvalue weighted by atomic mass is 9.94. The fourth-order valence-electron chi connectivity index (χ4n) is 4.15. The molecule has 2 aromatic carbocycles. The number of thiazole rings is 1. The minimum Gasteiger partial charge on any atom is -0.507 e. The van der Waals surface area contributed by atoms with Crippen molar-refractivity contribution in [3.63, 3.8) is 0 Å². The molecule has 0 bridgehead atoms. The first-order valence-electron chi connectivity index (χ1n) is 11.3. The SMILES string of the molecule is CCOC(=O)c1sc(N2C(=O)C(=O)/C(=C(/O)c3ccc(OC)c(C)c3)[C@H]2c2ccc(C)cc2)nc1C. The average molecular weight is 507 g/mol. The molecule has 1 amide bonds. The van der Waals surface area contributed by atoms with E-state index in [2.05, 4.69) is 4.98 Å². The first-order chi connectivity index (χ1) is 17.2. The minimum absolute atomic E-state index is 0.0565. The van der Waals surface area contributed by atoms with Crippen molar-refractivity contribution in [3.8, 4) is 5.75 Å². The molecule has 0 saturated carbocycles. The fourth-order valence-corrected chi connectivity index (χ4v) is 5.13. The quantitative estimate of drug-likeness (QED) is 0.220. The number of aliphatic hydroxyl groups excluding tert-OH is 1. The number of ether oxygens (including phenoxy) is 2. The number of aliphatic hydroxyl groups is 1. The predicted octanol–water partition coefficient (Wildman–Crippen LogP) is 4.88. The summed E-state index contributed by atoms with van der Waals surface area (Å²) in [6.07, 6.45) is 0. The van der Waals surface area contributed by atoms with Crippen molar-refractivity contribution >= 4 is 39.9 Å². The van der Waals surface area contributed by atoms with Crippen LogP contribution in [0.4, 0.5) is 5.13 Å². The molecule has 8 nitrogen and oxygen atoms in total. The standard InChI is InChI=1S/C27H26N2O6S/c1-6-35-26(33)24-16(4)28-27(36-24)29-21(17-9-7-14(2)8-10-17)20(23(31)25(29)32)22(30)18-11-12-19(34-5)15(3)13-18/h7-13,21,30H,6H2,1-5H3/b22-20+/t21-/m1/s1. The van der Waals surface area contributed by atoms with Crippen molar-refractivity contribution in [1.82, 2.24) is 4.98 Å². The van der Waals surface area contributed by atoms with Crippen molar-refractivity contribution in [2.24, 2.45) is 0 Å². The van der Waals surface area contributed by atoms with Crippen LogP contribution in [0.2, 0.25) is 0 Å². The molecule has 9 heteroatoms. The van der Waals surface area contributed by atoms with E-state index in [1.807, 2.05) is 26.0 Å². The number of hydrogen-bond acceptors (Lipinski definition) is 8. The molecule has 186 valence electrons. The van der Waals surface area contributed by atoms with E-state index in [1.165, 1.54) is 4.90 Å². The van der Waals surface area contributed by atoms with Gasteiger partial charge in [-0.25, -0.2) is 9.78 Å². The van der Waals surface area contributed by atoms with Crippen LogP contribution in [0, 0.1) is 20.8 Å². The number of rotatable bonds is 6. The Hall–Kier alpha value is -3.98. The van der Waals surface area contributed by atoms with Gasteiger partial charge in [0.2, 0.25) is 0 Å². The van der Waals surface area contributed by atoms with E-state index in [1.54, 1.807) is 51.3 Å². The number of aryl methyl sites for hydroxylation is 3. The van der Waals surface area contributed by atoms with E-state index >= 15 is 0 Å². The predicted molar refractivity (Wildman–Crippen MR) is 137 cm³/mol. The molecule has 0 unspecified atom stereocenters. The van der Waals surface area contributed by atoms with Gasteiger partial charge in [-0.3, -0.25) is 14.5 Å². The third-order valence-electron chi connectivity index (χ3n) is 5.96. The van der Waals surface area contributed by atoms with Gasteiger partial charge in [-0.15, -0.1) is 0 Å². The summed E-state index contributed by atoms with van der Waals surface area (Å²) in [5, 5.41) is 11.5. The Balaban J connectivity index is 1.91. The molecule has 1 aromatic heterocycles. The first kappa shape index (κ1) is 25.1. The number of Topliss-reactive ketones (excluding diaryl/α,β-unsaturated/α-hetero) is 1. The maximum atomic E-state index is 13.3. The van der Waals surface area contributed by atoms with Crippen LogP contribution >= 0.6 is 11.3 Å². The van der Waals surface area contributed by atoms with Crippen LogP contribution in [0.3, 0.4) is 0 Å². The number of esters is 1. The molecule has 1 N–H and O–H groups in total. The molecule has 1 fully saturated rings. The highest BCUT2D eigenvalue weighted by molar-refractivity contribution is 7.17. The summed E-state index contributed by atoms with van der Waals surface area (Å²) < 4.78 is 10.4. The van der Waals surface area contributed by atoms with Gasteiger partial charge in [-0.05, 0) is 57.0 Å². The van der Waals surface area contributed by atoms with Crippen LogP contribution in [0.15, 0.2) is 48.0 Å². The molecule has 3 aromatic rings. The number of aromatic nitrogens is 1. The second kappa shape index (κ2) is 9.94. The molecule has 1 aliphatic heterocycles. The highest BCUT2D eigenvalue weighted by Gasteiger charge is 2.48. The fraction of sp³-hybridized carbons (Fsp3) is 0.259. The van der Waals surface area contributed by atoms with Crippen molar-refractivity contribution in [2.75, 3.05) is 18.6 Å². The summed E-state index contributed by atoms with van der Waals surface area (Å²) >= 11 is 0.976. The van der Waals surface area contributed by atoms with Crippen LogP contribution in [0.1, 0.15) is 50.6 Å². The van der Waals surface area contributed by atoms with E-state index in [0.717, 1.165) is 22.5 Å². The van der Waals surface area contributed by atoms with Gasteiger partial charge in [0.05, 0.1) is 31.0 Å². The molecule has 2 heterocycles. The number of ketones is 1. The van der Waals surface area contributed by atoms with E-state index in [0.29, 0.717) is 22.6 Å². The summed E-state index contributed by atoms with van der Waals surface area (Å²) in [6, 6.07) is 11.4. The Bertz CT molecular complexity index is 1390. The molecular weight excluding hydrogens is 480 g/mol. The summed E-state index contributed by atoms with van der Waals surface area (Å²) in [6.45, 7) is 7.29. The molecule has 0 radical (unpaired) electrons. The van der Waals surface area contributed by atoms with Gasteiger partial charge in [0.25, 0.3) is 5.78 Å². The van der Waals surface area contributed by atoms with Crippen LogP contribution in [0.25, 0.3) is 5.76 Å². The lowest BCUT2D eigenvalue weighted by molar-refractivity contribution is -0.132. The summed E-state index contributed by atoms with van der Waals surface area (Å²) in [7, 11) is 1.55. The number of carbonyl (C=O) groups excluding carboxylic acids is 3. The third kappa shape index (κ3) is 4.37. The lowest BCUT2D eigenvalue weighted by Crippen LogP contribution is -2.29. The molecule has 4 rings (SSSR count). The number of benzene rings is 2. The van der Waals surface area contributed by atoms with E-state index < -0.39 is 23.7 Å². The smallest absolute Gasteiger partial charge is 0.350 e. The zero-order valence-corrected chi connectivity index (χ0v) is 21.4. The number of carbonyl (C=O) groups is 3. The maximum absolute atomic E-state index is 13.3. The molecule has 1 saturated heterocycles. The van der Waals surface area contributed by atoms with Crippen molar-refractivity contribution in [1.29, 1.82) is 0 Å². The Morgan fingerprint density at radius 3 is 2.42 bits per heavy atom. The number of anilines is 1. The van der Waals surface area contributed by atoms with Crippen molar-refractivity contribution < 1.29 is 29.0 Å².